The van der Waals surface area contributed by atoms with Crippen molar-refractivity contribution in [1.29, 1.82) is 0 Å². The zero-order chi connectivity index (χ0) is 25.8. The van der Waals surface area contributed by atoms with Crippen molar-refractivity contribution in [3.05, 3.63) is 59.3 Å². The highest BCUT2D eigenvalue weighted by molar-refractivity contribution is 5.87. The molecule has 5 rings (SSSR count). The molecule has 0 unspecified atom stereocenters. The van der Waals surface area contributed by atoms with Crippen LogP contribution in [-0.4, -0.2) is 33.8 Å². The van der Waals surface area contributed by atoms with Gasteiger partial charge in [-0.25, -0.2) is 9.48 Å². The quantitative estimate of drug-likeness (QED) is 0.447. The van der Waals surface area contributed by atoms with Crippen LogP contribution in [0.5, 0.6) is 17.2 Å². The molecule has 2 aliphatic heterocycles. The molecule has 13 heteroatoms. The molecular formula is C23H18F5N3O5. The van der Waals surface area contributed by atoms with E-state index in [0.717, 1.165) is 9.58 Å². The molecule has 2 aliphatic rings. The minimum atomic E-state index is -4.77. The lowest BCUT2D eigenvalue weighted by molar-refractivity contribution is -0.286. The zero-order valence-corrected chi connectivity index (χ0v) is 18.6. The van der Waals surface area contributed by atoms with E-state index < -0.39 is 30.4 Å². The van der Waals surface area contributed by atoms with Crippen molar-refractivity contribution in [2.24, 2.45) is 0 Å². The Morgan fingerprint density at radius 3 is 2.64 bits per heavy atom. The van der Waals surface area contributed by atoms with Gasteiger partial charge in [-0.3, -0.25) is 4.90 Å². The molecule has 2 aromatic carbocycles. The maximum atomic E-state index is 13.7. The molecule has 0 fully saturated rings. The molecule has 0 spiro atoms. The molecule has 3 aromatic rings. The Labute approximate surface area is 200 Å². The highest BCUT2D eigenvalue weighted by Crippen LogP contribution is 2.43. The summed E-state index contributed by atoms with van der Waals surface area (Å²) in [5, 5.41) is 13.3. The van der Waals surface area contributed by atoms with E-state index in [4.69, 9.17) is 4.74 Å². The Morgan fingerprint density at radius 2 is 1.92 bits per heavy atom. The number of benzene rings is 2. The summed E-state index contributed by atoms with van der Waals surface area (Å²) in [6.07, 6.45) is -10.3. The van der Waals surface area contributed by atoms with Crippen LogP contribution in [0.15, 0.2) is 42.5 Å². The summed E-state index contributed by atoms with van der Waals surface area (Å²) < 4.78 is 83.3. The Balaban J connectivity index is 1.47. The highest BCUT2D eigenvalue weighted by Gasteiger charge is 2.44. The van der Waals surface area contributed by atoms with Crippen molar-refractivity contribution in [2.75, 3.05) is 11.4 Å². The molecule has 0 radical (unpaired) electrons. The van der Waals surface area contributed by atoms with Crippen LogP contribution in [0.4, 0.5) is 32.6 Å². The number of fused-ring (bicyclic) bond motifs is 2. The number of carbonyl (C=O) groups is 1. The molecule has 0 aliphatic carbocycles. The second-order valence-electron chi connectivity index (χ2n) is 8.23. The van der Waals surface area contributed by atoms with Gasteiger partial charge in [-0.1, -0.05) is 12.1 Å². The van der Waals surface area contributed by atoms with E-state index in [1.165, 1.54) is 36.4 Å². The van der Waals surface area contributed by atoms with E-state index in [9.17, 15) is 31.9 Å². The first-order valence-corrected chi connectivity index (χ1v) is 10.8. The van der Waals surface area contributed by atoms with Crippen LogP contribution in [-0.2, 0) is 12.6 Å². The fourth-order valence-corrected chi connectivity index (χ4v) is 4.24. The molecule has 190 valence electrons. The summed E-state index contributed by atoms with van der Waals surface area (Å²) >= 11 is 0. The number of anilines is 1. The van der Waals surface area contributed by atoms with E-state index >= 15 is 0 Å². The topological polar surface area (TPSA) is 86.1 Å². The number of aromatic nitrogens is 2. The number of carboxylic acid groups (broad SMARTS) is 1. The third kappa shape index (κ3) is 4.25. The van der Waals surface area contributed by atoms with Gasteiger partial charge in [0.2, 0.25) is 0 Å². The van der Waals surface area contributed by atoms with E-state index in [2.05, 4.69) is 14.6 Å². The van der Waals surface area contributed by atoms with Gasteiger partial charge in [0.25, 0.3) is 0 Å². The van der Waals surface area contributed by atoms with Crippen LogP contribution in [0.1, 0.15) is 36.3 Å². The number of amides is 1. The lowest BCUT2D eigenvalue weighted by Crippen LogP contribution is -2.35. The third-order valence-electron chi connectivity index (χ3n) is 5.79. The third-order valence-corrected chi connectivity index (χ3v) is 5.79. The fraction of sp³-hybridized carbons (Fsp3) is 0.304. The number of ether oxygens (including phenoxy) is 3. The van der Waals surface area contributed by atoms with Gasteiger partial charge in [0.1, 0.15) is 17.7 Å². The summed E-state index contributed by atoms with van der Waals surface area (Å²) in [7, 11) is 0. The number of hydrogen-bond acceptors (Lipinski definition) is 5. The lowest BCUT2D eigenvalue weighted by atomic mass is 10.0. The number of alkyl halides is 5. The molecule has 1 atom stereocenters. The molecule has 0 bridgehead atoms. The van der Waals surface area contributed by atoms with Crippen molar-refractivity contribution >= 4 is 11.9 Å². The smallest absolute Gasteiger partial charge is 0.486 e. The van der Waals surface area contributed by atoms with Crippen LogP contribution in [0.25, 0.3) is 5.69 Å². The molecule has 1 N–H and O–H groups in total. The summed E-state index contributed by atoms with van der Waals surface area (Å²) in [4.78, 5) is 12.6. The maximum absolute atomic E-state index is 13.7. The van der Waals surface area contributed by atoms with Gasteiger partial charge in [-0.15, -0.1) is 8.78 Å². The van der Waals surface area contributed by atoms with Crippen molar-refractivity contribution in [1.82, 2.24) is 9.78 Å². The molecule has 36 heavy (non-hydrogen) atoms. The zero-order valence-electron chi connectivity index (χ0n) is 18.6. The normalized spacial score (nSPS) is 17.0. The Morgan fingerprint density at radius 1 is 1.17 bits per heavy atom. The van der Waals surface area contributed by atoms with Crippen LogP contribution in [0, 0.1) is 0 Å². The van der Waals surface area contributed by atoms with Crippen molar-refractivity contribution < 1.29 is 46.1 Å². The minimum Gasteiger partial charge on any atom is -0.486 e. The average Bonchev–Trinajstić information content (AvgIpc) is 3.34. The van der Waals surface area contributed by atoms with Crippen molar-refractivity contribution in [2.45, 2.75) is 38.3 Å². The highest BCUT2D eigenvalue weighted by atomic mass is 19.4. The standard InChI is InChI=1S/C23H18F5N3O5/c1-12(13-7-8-17-18(10-13)36-23(27,28)35-17)34-15-5-2-4-14(11-15)31-20-16(19(29-31)22(24,25)26)6-3-9-30(20)21(32)33/h2,4-5,7-8,10-12H,3,6,9H2,1H3,(H,32,33)/t12-/m0/s1. The molecular weight excluding hydrogens is 493 g/mol. The number of halogens is 5. The second-order valence-corrected chi connectivity index (χ2v) is 8.23. The van der Waals surface area contributed by atoms with Crippen LogP contribution in [0.3, 0.4) is 0 Å². The lowest BCUT2D eigenvalue weighted by Gasteiger charge is -2.26. The van der Waals surface area contributed by atoms with E-state index in [1.54, 1.807) is 13.0 Å². The second kappa shape index (κ2) is 8.28. The molecule has 3 heterocycles. The van der Waals surface area contributed by atoms with Gasteiger partial charge in [0.15, 0.2) is 17.2 Å². The van der Waals surface area contributed by atoms with E-state index in [-0.39, 0.29) is 53.7 Å². The van der Waals surface area contributed by atoms with Crippen molar-refractivity contribution in [3.8, 4) is 22.9 Å². The predicted molar refractivity (Wildman–Crippen MR) is 114 cm³/mol. The first kappa shape index (κ1) is 23.7. The maximum Gasteiger partial charge on any atom is 0.586 e. The largest absolute Gasteiger partial charge is 0.586 e. The van der Waals surface area contributed by atoms with Gasteiger partial charge in [0, 0.05) is 18.2 Å². The molecule has 0 saturated heterocycles. The Bertz CT molecular complexity index is 1340. The minimum absolute atomic E-state index is 0.0295. The average molecular weight is 511 g/mol. The van der Waals surface area contributed by atoms with Crippen LogP contribution < -0.4 is 19.1 Å². The summed E-state index contributed by atoms with van der Waals surface area (Å²) in [6, 6.07) is 10.1. The van der Waals surface area contributed by atoms with Crippen molar-refractivity contribution in [3.63, 3.8) is 0 Å². The molecule has 0 saturated carbocycles. The van der Waals surface area contributed by atoms with Gasteiger partial charge < -0.3 is 19.3 Å². The monoisotopic (exact) mass is 511 g/mol. The summed E-state index contributed by atoms with van der Waals surface area (Å²) in [5.74, 6) is -0.204. The predicted octanol–water partition coefficient (Wildman–Crippen LogP) is 5.78. The number of rotatable bonds is 4. The number of nitrogens with zero attached hydrogens (tertiary/aromatic N) is 3. The van der Waals surface area contributed by atoms with Gasteiger partial charge in [0.05, 0.1) is 5.69 Å². The van der Waals surface area contributed by atoms with E-state index in [0.29, 0.717) is 5.56 Å². The van der Waals surface area contributed by atoms with Gasteiger partial charge >= 0.3 is 18.6 Å². The van der Waals surface area contributed by atoms with Crippen LogP contribution in [0.2, 0.25) is 0 Å². The Kier molecular flexibility index (Phi) is 5.45. The SMILES string of the molecule is C[C@H](Oc1cccc(-n2nc(C(F)(F)F)c3c2N(C(=O)O)CCC3)c1)c1ccc2c(c1)OC(F)(F)O2. The summed E-state index contributed by atoms with van der Waals surface area (Å²) in [5.41, 5.74) is -0.688. The fourth-order valence-electron chi connectivity index (χ4n) is 4.24. The first-order valence-electron chi connectivity index (χ1n) is 10.8. The van der Waals surface area contributed by atoms with Gasteiger partial charge in [-0.2, -0.15) is 18.3 Å². The van der Waals surface area contributed by atoms with Crippen LogP contribution >= 0.6 is 0 Å². The summed E-state index contributed by atoms with van der Waals surface area (Å²) in [6.45, 7) is 1.67. The first-order chi connectivity index (χ1) is 16.9. The Hall–Kier alpha value is -4.03. The number of hydrogen-bond donors (Lipinski definition) is 1. The molecule has 1 amide bonds. The molecule has 8 nitrogen and oxygen atoms in total. The van der Waals surface area contributed by atoms with Gasteiger partial charge in [-0.05, 0) is 49.6 Å². The van der Waals surface area contributed by atoms with E-state index in [1.807, 2.05) is 0 Å². The molecule has 1 aromatic heterocycles.